The van der Waals surface area contributed by atoms with Gasteiger partial charge in [0, 0.05) is 30.2 Å². The molecule has 27 heavy (non-hydrogen) atoms. The van der Waals surface area contributed by atoms with Crippen LogP contribution in [0.25, 0.3) is 11.1 Å². The van der Waals surface area contributed by atoms with E-state index in [2.05, 4.69) is 39.9 Å². The predicted molar refractivity (Wildman–Crippen MR) is 108 cm³/mol. The van der Waals surface area contributed by atoms with E-state index in [1.165, 1.54) is 5.56 Å². The van der Waals surface area contributed by atoms with Crippen molar-refractivity contribution >= 4 is 11.6 Å². The third-order valence-corrected chi connectivity index (χ3v) is 5.14. The molecule has 3 aromatic rings. The molecular weight excluding hydrogens is 334 g/mol. The third kappa shape index (κ3) is 4.23. The fraction of sp³-hybridized carbons (Fsp3) is 0.217. The highest BCUT2D eigenvalue weighted by atomic mass is 16.1. The largest absolute Gasteiger partial charge is 0.326 e. The van der Waals surface area contributed by atoms with Crippen molar-refractivity contribution in [3.63, 3.8) is 0 Å². The number of benzene rings is 2. The molecule has 0 radical (unpaired) electrons. The molecular formula is C23H23N3O. The lowest BCUT2D eigenvalue weighted by atomic mass is 9.89. The molecule has 0 bridgehead atoms. The summed E-state index contributed by atoms with van der Waals surface area (Å²) in [4.78, 5) is 17.1. The maximum atomic E-state index is 12.9. The number of rotatable bonds is 5. The molecule has 1 fully saturated rings. The van der Waals surface area contributed by atoms with Crippen LogP contribution < -0.4 is 10.6 Å². The van der Waals surface area contributed by atoms with Crippen molar-refractivity contribution in [3.8, 4) is 11.1 Å². The summed E-state index contributed by atoms with van der Waals surface area (Å²) in [6, 6.07) is 22.3. The van der Waals surface area contributed by atoms with E-state index in [-0.39, 0.29) is 11.8 Å². The van der Waals surface area contributed by atoms with Crippen molar-refractivity contribution in [1.82, 2.24) is 10.3 Å². The van der Waals surface area contributed by atoms with Gasteiger partial charge < -0.3 is 10.6 Å². The smallest absolute Gasteiger partial charge is 0.229 e. The Kier molecular flexibility index (Phi) is 5.26. The molecule has 0 saturated carbocycles. The minimum atomic E-state index is -0.0211. The van der Waals surface area contributed by atoms with Gasteiger partial charge in [-0.3, -0.25) is 9.78 Å². The Morgan fingerprint density at radius 3 is 2.67 bits per heavy atom. The van der Waals surface area contributed by atoms with E-state index in [4.69, 9.17) is 0 Å². The molecule has 0 spiro atoms. The first-order valence-corrected chi connectivity index (χ1v) is 9.35. The molecule has 2 aromatic carbocycles. The fourth-order valence-corrected chi connectivity index (χ4v) is 3.72. The molecule has 136 valence electrons. The van der Waals surface area contributed by atoms with Gasteiger partial charge in [-0.05, 0) is 48.2 Å². The first-order valence-electron chi connectivity index (χ1n) is 9.35. The van der Waals surface area contributed by atoms with E-state index < -0.39 is 0 Å². The Balaban J connectivity index is 1.45. The quantitative estimate of drug-likeness (QED) is 0.731. The summed E-state index contributed by atoms with van der Waals surface area (Å²) in [5.74, 6) is 0.380. The Hall–Kier alpha value is -2.98. The summed E-state index contributed by atoms with van der Waals surface area (Å²) in [5.41, 5.74) is 4.19. The zero-order valence-corrected chi connectivity index (χ0v) is 15.1. The van der Waals surface area contributed by atoms with Crippen molar-refractivity contribution in [2.24, 2.45) is 11.8 Å². The van der Waals surface area contributed by atoms with Crippen LogP contribution in [0.2, 0.25) is 0 Å². The molecule has 2 N–H and O–H groups in total. The molecule has 4 heteroatoms. The third-order valence-electron chi connectivity index (χ3n) is 5.14. The van der Waals surface area contributed by atoms with Crippen LogP contribution in [0.4, 0.5) is 5.69 Å². The maximum absolute atomic E-state index is 12.9. The number of carbonyl (C=O) groups excluding carboxylic acids is 1. The van der Waals surface area contributed by atoms with Gasteiger partial charge in [0.2, 0.25) is 5.91 Å². The number of hydrogen-bond acceptors (Lipinski definition) is 3. The Morgan fingerprint density at radius 2 is 1.85 bits per heavy atom. The van der Waals surface area contributed by atoms with E-state index in [1.807, 2.05) is 48.7 Å². The Morgan fingerprint density at radius 1 is 1.00 bits per heavy atom. The summed E-state index contributed by atoms with van der Waals surface area (Å²) in [5, 5.41) is 6.49. The summed E-state index contributed by atoms with van der Waals surface area (Å²) >= 11 is 0. The Bertz CT molecular complexity index is 896. The molecule has 1 aromatic heterocycles. The molecule has 4 nitrogen and oxygen atoms in total. The average Bonchev–Trinajstić information content (AvgIpc) is 3.18. The van der Waals surface area contributed by atoms with Crippen LogP contribution >= 0.6 is 0 Å². The monoisotopic (exact) mass is 357 g/mol. The zero-order chi connectivity index (χ0) is 18.5. The number of pyridine rings is 1. The first-order chi connectivity index (χ1) is 13.3. The van der Waals surface area contributed by atoms with Crippen LogP contribution in [0.5, 0.6) is 0 Å². The first kappa shape index (κ1) is 17.4. The summed E-state index contributed by atoms with van der Waals surface area (Å²) in [6.07, 6.45) is 4.51. The zero-order valence-electron chi connectivity index (χ0n) is 15.1. The summed E-state index contributed by atoms with van der Waals surface area (Å²) in [6.45, 7) is 1.61. The molecule has 1 aliphatic heterocycles. The highest BCUT2D eigenvalue weighted by molar-refractivity contribution is 5.93. The minimum Gasteiger partial charge on any atom is -0.326 e. The lowest BCUT2D eigenvalue weighted by molar-refractivity contribution is -0.120. The van der Waals surface area contributed by atoms with Crippen molar-refractivity contribution in [1.29, 1.82) is 0 Å². The van der Waals surface area contributed by atoms with Crippen molar-refractivity contribution in [3.05, 3.63) is 84.7 Å². The number of nitrogens with zero attached hydrogens (tertiary/aromatic N) is 1. The molecule has 0 aliphatic carbocycles. The summed E-state index contributed by atoms with van der Waals surface area (Å²) < 4.78 is 0. The number of nitrogens with one attached hydrogen (secondary N) is 2. The molecule has 1 amide bonds. The number of amides is 1. The lowest BCUT2D eigenvalue weighted by Gasteiger charge is -2.18. The SMILES string of the molecule is O=C(Nc1cccc(-c2cccnc2)c1)C1CNCC1Cc1ccccc1. The normalized spacial score (nSPS) is 19.0. The van der Waals surface area contributed by atoms with Crippen LogP contribution in [-0.4, -0.2) is 24.0 Å². The Labute approximate surface area is 159 Å². The number of aromatic nitrogens is 1. The van der Waals surface area contributed by atoms with Gasteiger partial charge in [0.25, 0.3) is 0 Å². The van der Waals surface area contributed by atoms with E-state index in [0.717, 1.165) is 36.3 Å². The number of hydrogen-bond donors (Lipinski definition) is 2. The minimum absolute atomic E-state index is 0.0211. The second-order valence-corrected chi connectivity index (χ2v) is 7.03. The second-order valence-electron chi connectivity index (χ2n) is 7.03. The predicted octanol–water partition coefficient (Wildman–Crippen LogP) is 3.77. The van der Waals surface area contributed by atoms with Crippen LogP contribution in [0.15, 0.2) is 79.1 Å². The molecule has 1 aliphatic rings. The van der Waals surface area contributed by atoms with Crippen molar-refractivity contribution in [2.75, 3.05) is 18.4 Å². The molecule has 4 rings (SSSR count). The highest BCUT2D eigenvalue weighted by Crippen LogP contribution is 2.25. The van der Waals surface area contributed by atoms with Gasteiger partial charge in [0.05, 0.1) is 5.92 Å². The van der Waals surface area contributed by atoms with Gasteiger partial charge in [-0.25, -0.2) is 0 Å². The lowest BCUT2D eigenvalue weighted by Crippen LogP contribution is -2.29. The van der Waals surface area contributed by atoms with Crippen molar-refractivity contribution < 1.29 is 4.79 Å². The topological polar surface area (TPSA) is 54.0 Å². The second kappa shape index (κ2) is 8.14. The standard InChI is InChI=1S/C23H23N3O/c27-23(22-16-25-15-20(22)12-17-6-2-1-3-7-17)26-21-10-4-8-18(13-21)19-9-5-11-24-14-19/h1-11,13-14,20,22,25H,12,15-16H2,(H,26,27). The van der Waals surface area contributed by atoms with Crippen LogP contribution in [0, 0.1) is 11.8 Å². The van der Waals surface area contributed by atoms with Gasteiger partial charge in [-0.2, -0.15) is 0 Å². The van der Waals surface area contributed by atoms with E-state index in [9.17, 15) is 4.79 Å². The van der Waals surface area contributed by atoms with Gasteiger partial charge in [0.1, 0.15) is 0 Å². The van der Waals surface area contributed by atoms with E-state index in [0.29, 0.717) is 5.92 Å². The molecule has 1 saturated heterocycles. The number of anilines is 1. The van der Waals surface area contributed by atoms with Gasteiger partial charge in [-0.15, -0.1) is 0 Å². The van der Waals surface area contributed by atoms with Gasteiger partial charge >= 0.3 is 0 Å². The van der Waals surface area contributed by atoms with Gasteiger partial charge in [0.15, 0.2) is 0 Å². The van der Waals surface area contributed by atoms with E-state index in [1.54, 1.807) is 6.20 Å². The van der Waals surface area contributed by atoms with Crippen LogP contribution in [-0.2, 0) is 11.2 Å². The molecule has 2 unspecified atom stereocenters. The fourth-order valence-electron chi connectivity index (χ4n) is 3.72. The van der Waals surface area contributed by atoms with Crippen molar-refractivity contribution in [2.45, 2.75) is 6.42 Å². The molecule has 2 heterocycles. The van der Waals surface area contributed by atoms with Crippen LogP contribution in [0.1, 0.15) is 5.56 Å². The highest BCUT2D eigenvalue weighted by Gasteiger charge is 2.32. The average molecular weight is 357 g/mol. The summed E-state index contributed by atoms with van der Waals surface area (Å²) in [7, 11) is 0. The molecule has 2 atom stereocenters. The van der Waals surface area contributed by atoms with E-state index >= 15 is 0 Å². The van der Waals surface area contributed by atoms with Crippen LogP contribution in [0.3, 0.4) is 0 Å². The van der Waals surface area contributed by atoms with Gasteiger partial charge in [-0.1, -0.05) is 48.5 Å². The maximum Gasteiger partial charge on any atom is 0.229 e. The number of carbonyl (C=O) groups is 1.